The molecule has 150 valence electrons. The van der Waals surface area contributed by atoms with Crippen molar-refractivity contribution in [2.45, 2.75) is 36.6 Å². The van der Waals surface area contributed by atoms with Gasteiger partial charge in [0.1, 0.15) is 16.4 Å². The predicted octanol–water partition coefficient (Wildman–Crippen LogP) is 2.07. The molecule has 3 heterocycles. The van der Waals surface area contributed by atoms with Gasteiger partial charge in [-0.25, -0.2) is 12.8 Å². The Morgan fingerprint density at radius 2 is 1.93 bits per heavy atom. The third-order valence-electron chi connectivity index (χ3n) is 5.48. The molecule has 2 aliphatic heterocycles. The number of benzene rings is 1. The monoisotopic (exact) mass is 406 g/mol. The maximum atomic E-state index is 14.1. The highest BCUT2D eigenvalue weighted by Crippen LogP contribution is 2.31. The van der Waals surface area contributed by atoms with Crippen molar-refractivity contribution in [2.24, 2.45) is 0 Å². The van der Waals surface area contributed by atoms with Gasteiger partial charge >= 0.3 is 0 Å². The molecule has 0 aliphatic carbocycles. The van der Waals surface area contributed by atoms with Crippen LogP contribution in [0.15, 0.2) is 35.2 Å². The zero-order valence-electron chi connectivity index (χ0n) is 15.7. The lowest BCUT2D eigenvalue weighted by molar-refractivity contribution is 0.0796. The van der Waals surface area contributed by atoms with E-state index in [2.05, 4.69) is 5.10 Å². The summed E-state index contributed by atoms with van der Waals surface area (Å²) in [6.07, 6.45) is 2.27. The average Bonchev–Trinajstić information content (AvgIpc) is 3.06. The second-order valence-electron chi connectivity index (χ2n) is 7.39. The molecule has 0 spiro atoms. The van der Waals surface area contributed by atoms with Crippen LogP contribution in [0.2, 0.25) is 0 Å². The molecule has 1 aromatic heterocycles. The van der Waals surface area contributed by atoms with Crippen molar-refractivity contribution < 1.29 is 17.6 Å². The molecule has 0 N–H and O–H groups in total. The summed E-state index contributed by atoms with van der Waals surface area (Å²) >= 11 is 0. The van der Waals surface area contributed by atoms with E-state index in [1.165, 1.54) is 22.5 Å². The number of carbonyl (C=O) groups excluding carboxylic acids is 1. The quantitative estimate of drug-likeness (QED) is 0.782. The number of rotatable bonds is 3. The number of halogens is 1. The van der Waals surface area contributed by atoms with Crippen LogP contribution < -0.4 is 0 Å². The first kappa shape index (κ1) is 19.1. The minimum atomic E-state index is -3.91. The number of aromatic nitrogens is 2. The molecule has 2 aromatic rings. The molecule has 28 heavy (non-hydrogen) atoms. The van der Waals surface area contributed by atoms with E-state index in [1.54, 1.807) is 22.7 Å². The van der Waals surface area contributed by atoms with Gasteiger partial charge in [-0.3, -0.25) is 9.48 Å². The molecule has 1 atom stereocenters. The normalized spacial score (nSPS) is 21.4. The van der Waals surface area contributed by atoms with E-state index in [9.17, 15) is 17.6 Å². The Bertz CT molecular complexity index is 1000. The number of carbonyl (C=O) groups is 1. The first-order chi connectivity index (χ1) is 13.4. The summed E-state index contributed by atoms with van der Waals surface area (Å²) in [7, 11) is -2.14. The van der Waals surface area contributed by atoms with Gasteiger partial charge in [0.15, 0.2) is 0 Å². The first-order valence-electron chi connectivity index (χ1n) is 9.46. The molecule has 1 saturated heterocycles. The minimum Gasteiger partial charge on any atom is -0.340 e. The Hall–Kier alpha value is -2.26. The molecule has 0 radical (unpaired) electrons. The summed E-state index contributed by atoms with van der Waals surface area (Å²) in [4.78, 5) is 13.9. The third-order valence-corrected chi connectivity index (χ3v) is 7.38. The second-order valence-corrected chi connectivity index (χ2v) is 9.30. The van der Waals surface area contributed by atoms with Crippen molar-refractivity contribution in [1.82, 2.24) is 19.0 Å². The number of hydrogen-bond acceptors (Lipinski definition) is 4. The standard InChI is InChI=1S/C19H23FN4O3S/c1-22-9-5-11-24-17(19(22)25)12-16(21-24)14-6-4-10-23(13-14)28(26,27)18-8-3-2-7-15(18)20/h2-3,7-8,12,14H,4-6,9-11,13H2,1H3. The number of aryl methyl sites for hydroxylation is 1. The van der Waals surface area contributed by atoms with E-state index in [0.29, 0.717) is 31.7 Å². The van der Waals surface area contributed by atoms with Crippen molar-refractivity contribution >= 4 is 15.9 Å². The summed E-state index contributed by atoms with van der Waals surface area (Å²) in [6.45, 7) is 1.94. The molecule has 1 unspecified atom stereocenters. The molecule has 0 saturated carbocycles. The fraction of sp³-hybridized carbons (Fsp3) is 0.474. The second kappa shape index (κ2) is 7.29. The highest BCUT2D eigenvalue weighted by molar-refractivity contribution is 7.89. The van der Waals surface area contributed by atoms with E-state index in [0.717, 1.165) is 24.6 Å². The van der Waals surface area contributed by atoms with E-state index in [1.807, 2.05) is 0 Å². The fourth-order valence-electron chi connectivity index (χ4n) is 3.93. The van der Waals surface area contributed by atoms with Gasteiger partial charge in [-0.2, -0.15) is 9.40 Å². The number of nitrogens with zero attached hydrogens (tertiary/aromatic N) is 4. The third kappa shape index (κ3) is 3.33. The van der Waals surface area contributed by atoms with Crippen LogP contribution in [0.3, 0.4) is 0 Å². The molecule has 4 rings (SSSR count). The molecule has 1 aromatic carbocycles. The van der Waals surface area contributed by atoms with Gasteiger partial charge in [0.2, 0.25) is 10.0 Å². The number of sulfonamides is 1. The van der Waals surface area contributed by atoms with Gasteiger partial charge in [-0.15, -0.1) is 0 Å². The van der Waals surface area contributed by atoms with Crippen LogP contribution in [0.25, 0.3) is 0 Å². The van der Waals surface area contributed by atoms with Crippen molar-refractivity contribution in [3.8, 4) is 0 Å². The van der Waals surface area contributed by atoms with Gasteiger partial charge in [-0.05, 0) is 37.5 Å². The van der Waals surface area contributed by atoms with Crippen LogP contribution in [-0.4, -0.2) is 60.0 Å². The van der Waals surface area contributed by atoms with Gasteiger partial charge < -0.3 is 4.90 Å². The van der Waals surface area contributed by atoms with Crippen molar-refractivity contribution in [3.05, 3.63) is 47.5 Å². The molecular formula is C19H23FN4O3S. The Labute approximate surface area is 163 Å². The molecular weight excluding hydrogens is 383 g/mol. The Kier molecular flexibility index (Phi) is 4.96. The summed E-state index contributed by atoms with van der Waals surface area (Å²) in [5, 5.41) is 4.60. The average molecular weight is 406 g/mol. The number of fused-ring (bicyclic) bond motifs is 1. The van der Waals surface area contributed by atoms with E-state index in [-0.39, 0.29) is 23.3 Å². The van der Waals surface area contributed by atoms with Crippen LogP contribution >= 0.6 is 0 Å². The smallest absolute Gasteiger partial charge is 0.271 e. The Morgan fingerprint density at radius 1 is 1.14 bits per heavy atom. The van der Waals surface area contributed by atoms with E-state index >= 15 is 0 Å². The molecule has 1 amide bonds. The summed E-state index contributed by atoms with van der Waals surface area (Å²) in [5.74, 6) is -0.928. The lowest BCUT2D eigenvalue weighted by Crippen LogP contribution is -2.39. The van der Waals surface area contributed by atoms with E-state index in [4.69, 9.17) is 0 Å². The Balaban J connectivity index is 1.60. The molecule has 7 nitrogen and oxygen atoms in total. The fourth-order valence-corrected chi connectivity index (χ4v) is 5.52. The Morgan fingerprint density at radius 3 is 2.71 bits per heavy atom. The minimum absolute atomic E-state index is 0.0668. The summed E-state index contributed by atoms with van der Waals surface area (Å²) in [6, 6.07) is 7.23. The van der Waals surface area contributed by atoms with E-state index < -0.39 is 15.8 Å². The zero-order valence-corrected chi connectivity index (χ0v) is 16.5. The highest BCUT2D eigenvalue weighted by atomic mass is 32.2. The van der Waals surface area contributed by atoms with Crippen LogP contribution in [-0.2, 0) is 16.6 Å². The largest absolute Gasteiger partial charge is 0.340 e. The van der Waals surface area contributed by atoms with Gasteiger partial charge in [0.25, 0.3) is 5.91 Å². The molecule has 9 heteroatoms. The summed E-state index contributed by atoms with van der Waals surface area (Å²) < 4.78 is 43.0. The van der Waals surface area contributed by atoms with Crippen LogP contribution in [0.4, 0.5) is 4.39 Å². The zero-order chi connectivity index (χ0) is 19.9. The number of amides is 1. The maximum absolute atomic E-state index is 14.1. The topological polar surface area (TPSA) is 75.5 Å². The summed E-state index contributed by atoms with van der Waals surface area (Å²) in [5.41, 5.74) is 1.27. The number of hydrogen-bond donors (Lipinski definition) is 0. The number of piperidine rings is 1. The van der Waals surface area contributed by atoms with Crippen molar-refractivity contribution in [2.75, 3.05) is 26.7 Å². The van der Waals surface area contributed by atoms with Crippen LogP contribution in [0.1, 0.15) is 41.4 Å². The van der Waals surface area contributed by atoms with Crippen molar-refractivity contribution in [1.29, 1.82) is 0 Å². The lowest BCUT2D eigenvalue weighted by Gasteiger charge is -2.31. The molecule has 1 fully saturated rings. The molecule has 0 bridgehead atoms. The van der Waals surface area contributed by atoms with Gasteiger partial charge in [-0.1, -0.05) is 12.1 Å². The highest BCUT2D eigenvalue weighted by Gasteiger charge is 2.34. The predicted molar refractivity (Wildman–Crippen MR) is 101 cm³/mol. The lowest BCUT2D eigenvalue weighted by atomic mass is 9.96. The maximum Gasteiger partial charge on any atom is 0.271 e. The first-order valence-corrected chi connectivity index (χ1v) is 10.9. The SMILES string of the molecule is CN1CCCn2nc(C3CCCN(S(=O)(=O)c4ccccc4F)C3)cc2C1=O. The van der Waals surface area contributed by atoms with Crippen LogP contribution in [0.5, 0.6) is 0 Å². The van der Waals surface area contributed by atoms with Gasteiger partial charge in [0, 0.05) is 39.1 Å². The van der Waals surface area contributed by atoms with Gasteiger partial charge in [0.05, 0.1) is 5.69 Å². The molecule has 2 aliphatic rings. The van der Waals surface area contributed by atoms with Crippen molar-refractivity contribution in [3.63, 3.8) is 0 Å². The van der Waals surface area contributed by atoms with Crippen LogP contribution in [0, 0.1) is 5.82 Å².